The zero-order chi connectivity index (χ0) is 15.0. The second-order valence-electron chi connectivity index (χ2n) is 6.65. The minimum Gasteiger partial charge on any atom is -0.395 e. The third-order valence-electron chi connectivity index (χ3n) is 5.25. The molecule has 1 aliphatic heterocycles. The first-order chi connectivity index (χ1) is 9.41. The van der Waals surface area contributed by atoms with Crippen molar-refractivity contribution in [1.29, 1.82) is 0 Å². The lowest BCUT2D eigenvalue weighted by Gasteiger charge is -2.61. The molecule has 0 aromatic heterocycles. The molecule has 0 radical (unpaired) electrons. The van der Waals surface area contributed by atoms with Crippen LogP contribution in [0.25, 0.3) is 0 Å². The fraction of sp³-hybridized carbons (Fsp3) is 0.933. The van der Waals surface area contributed by atoms with Crippen LogP contribution in [-0.4, -0.2) is 53.9 Å². The Hall–Kier alpha value is -0.650. The Morgan fingerprint density at radius 3 is 2.75 bits per heavy atom. The van der Waals surface area contributed by atoms with Gasteiger partial charge in [0.05, 0.1) is 12.7 Å². The topological polar surface area (TPSA) is 75.8 Å². The third kappa shape index (κ3) is 2.07. The number of nitrogens with zero attached hydrogens (tertiary/aromatic N) is 1. The summed E-state index contributed by atoms with van der Waals surface area (Å²) in [5.74, 6) is 0.101. The minimum absolute atomic E-state index is 0.0169. The predicted octanol–water partition coefficient (Wildman–Crippen LogP) is 0.750. The Morgan fingerprint density at radius 1 is 1.45 bits per heavy atom. The van der Waals surface area contributed by atoms with E-state index < -0.39 is 5.54 Å². The van der Waals surface area contributed by atoms with Gasteiger partial charge in [0.1, 0.15) is 5.54 Å². The van der Waals surface area contributed by atoms with Gasteiger partial charge in [-0.2, -0.15) is 0 Å². The number of nitrogens with two attached hydrogens (primary N) is 1. The van der Waals surface area contributed by atoms with Crippen molar-refractivity contribution in [3.8, 4) is 0 Å². The normalized spacial score (nSPS) is 34.5. The fourth-order valence-electron chi connectivity index (χ4n) is 3.86. The van der Waals surface area contributed by atoms with Gasteiger partial charge in [-0.25, -0.2) is 0 Å². The molecular weight excluding hydrogens is 256 g/mol. The van der Waals surface area contributed by atoms with Gasteiger partial charge in [0.15, 0.2) is 0 Å². The van der Waals surface area contributed by atoms with Crippen molar-refractivity contribution in [2.24, 2.45) is 17.1 Å². The Balaban J connectivity index is 2.16. The molecule has 3 atom stereocenters. The first-order valence-corrected chi connectivity index (χ1v) is 7.72. The fourth-order valence-corrected chi connectivity index (χ4v) is 3.86. The summed E-state index contributed by atoms with van der Waals surface area (Å²) in [6.45, 7) is 7.85. The highest BCUT2D eigenvalue weighted by molar-refractivity contribution is 5.89. The molecule has 5 nitrogen and oxygen atoms in total. The standard InChI is InChI=1S/C15H28N2O3/c1-4-5-7-17(8-9-18)13(19)15(16)11-6-10-20-12(11)14(15,2)3/h11-12,18H,4-10,16H2,1-3H3. The smallest absolute Gasteiger partial charge is 0.243 e. The maximum Gasteiger partial charge on any atom is 0.243 e. The zero-order valence-electron chi connectivity index (χ0n) is 12.9. The van der Waals surface area contributed by atoms with Crippen LogP contribution < -0.4 is 5.73 Å². The van der Waals surface area contributed by atoms with E-state index in [-0.39, 0.29) is 30.0 Å². The van der Waals surface area contributed by atoms with Gasteiger partial charge >= 0.3 is 0 Å². The molecule has 5 heteroatoms. The summed E-state index contributed by atoms with van der Waals surface area (Å²) in [4.78, 5) is 14.7. The number of carbonyl (C=O) groups is 1. The molecule has 0 spiro atoms. The largest absolute Gasteiger partial charge is 0.395 e. The Labute approximate surface area is 121 Å². The highest BCUT2D eigenvalue weighted by Gasteiger charge is 2.71. The van der Waals surface area contributed by atoms with Crippen molar-refractivity contribution in [2.45, 2.75) is 51.7 Å². The molecule has 20 heavy (non-hydrogen) atoms. The number of unbranched alkanes of at least 4 members (excludes halogenated alkanes) is 1. The van der Waals surface area contributed by atoms with Gasteiger partial charge in [0, 0.05) is 31.0 Å². The first-order valence-electron chi connectivity index (χ1n) is 7.72. The monoisotopic (exact) mass is 284 g/mol. The highest BCUT2D eigenvalue weighted by Crippen LogP contribution is 2.58. The average molecular weight is 284 g/mol. The molecule has 3 unspecified atom stereocenters. The third-order valence-corrected chi connectivity index (χ3v) is 5.25. The van der Waals surface area contributed by atoms with Crippen LogP contribution >= 0.6 is 0 Å². The van der Waals surface area contributed by atoms with E-state index in [9.17, 15) is 9.90 Å². The summed E-state index contributed by atoms with van der Waals surface area (Å²) in [6.07, 6.45) is 2.91. The van der Waals surface area contributed by atoms with Gasteiger partial charge in [0.2, 0.25) is 5.91 Å². The lowest BCUT2D eigenvalue weighted by atomic mass is 9.47. The van der Waals surface area contributed by atoms with E-state index in [2.05, 4.69) is 6.92 Å². The molecule has 1 amide bonds. The minimum atomic E-state index is -0.850. The molecule has 1 saturated heterocycles. The van der Waals surface area contributed by atoms with Crippen LogP contribution in [0.1, 0.15) is 40.0 Å². The summed E-state index contributed by atoms with van der Waals surface area (Å²) < 4.78 is 5.73. The van der Waals surface area contributed by atoms with E-state index in [0.29, 0.717) is 19.7 Å². The van der Waals surface area contributed by atoms with Crippen molar-refractivity contribution in [1.82, 2.24) is 4.90 Å². The second-order valence-corrected chi connectivity index (χ2v) is 6.65. The Morgan fingerprint density at radius 2 is 2.15 bits per heavy atom. The first kappa shape index (κ1) is 15.7. The summed E-state index contributed by atoms with van der Waals surface area (Å²) in [6, 6.07) is 0. The van der Waals surface area contributed by atoms with Gasteiger partial charge < -0.3 is 20.5 Å². The molecular formula is C15H28N2O3. The van der Waals surface area contributed by atoms with Crippen LogP contribution in [0.4, 0.5) is 0 Å². The van der Waals surface area contributed by atoms with Crippen LogP contribution in [-0.2, 0) is 9.53 Å². The number of aliphatic hydroxyl groups is 1. The number of hydrogen-bond acceptors (Lipinski definition) is 4. The predicted molar refractivity (Wildman–Crippen MR) is 77.1 cm³/mol. The number of amides is 1. The number of rotatable bonds is 6. The molecule has 2 aliphatic rings. The van der Waals surface area contributed by atoms with Gasteiger partial charge in [-0.1, -0.05) is 27.2 Å². The van der Waals surface area contributed by atoms with E-state index in [1.807, 2.05) is 13.8 Å². The van der Waals surface area contributed by atoms with Gasteiger partial charge in [-0.15, -0.1) is 0 Å². The number of carbonyl (C=O) groups excluding carboxylic acids is 1. The average Bonchev–Trinajstić information content (AvgIpc) is 2.90. The molecule has 1 saturated carbocycles. The molecule has 116 valence electrons. The van der Waals surface area contributed by atoms with Gasteiger partial charge in [0.25, 0.3) is 0 Å². The lowest BCUT2D eigenvalue weighted by Crippen LogP contribution is -2.80. The highest BCUT2D eigenvalue weighted by atomic mass is 16.5. The van der Waals surface area contributed by atoms with Crippen molar-refractivity contribution in [3.05, 3.63) is 0 Å². The van der Waals surface area contributed by atoms with Crippen LogP contribution in [0, 0.1) is 11.3 Å². The van der Waals surface area contributed by atoms with Crippen molar-refractivity contribution in [2.75, 3.05) is 26.3 Å². The number of aliphatic hydroxyl groups excluding tert-OH is 1. The number of ether oxygens (including phenoxy) is 1. The SMILES string of the molecule is CCCCN(CCO)C(=O)C1(N)C2CCOC2C1(C)C. The molecule has 0 aromatic rings. The quantitative estimate of drug-likeness (QED) is 0.754. The van der Waals surface area contributed by atoms with Crippen molar-refractivity contribution >= 4 is 5.91 Å². The summed E-state index contributed by atoms with van der Waals surface area (Å²) >= 11 is 0. The van der Waals surface area contributed by atoms with E-state index in [1.54, 1.807) is 4.90 Å². The molecule has 1 heterocycles. The van der Waals surface area contributed by atoms with E-state index in [1.165, 1.54) is 0 Å². The van der Waals surface area contributed by atoms with E-state index >= 15 is 0 Å². The van der Waals surface area contributed by atoms with Crippen LogP contribution in [0.2, 0.25) is 0 Å². The molecule has 0 bridgehead atoms. The summed E-state index contributed by atoms with van der Waals surface area (Å²) in [5, 5.41) is 9.20. The van der Waals surface area contributed by atoms with Crippen molar-refractivity contribution in [3.63, 3.8) is 0 Å². The number of hydrogen-bond donors (Lipinski definition) is 2. The maximum absolute atomic E-state index is 12.9. The van der Waals surface area contributed by atoms with E-state index in [4.69, 9.17) is 10.5 Å². The Kier molecular flexibility index (Phi) is 4.42. The van der Waals surface area contributed by atoms with Gasteiger partial charge in [-0.05, 0) is 12.8 Å². The molecule has 3 N–H and O–H groups in total. The molecule has 0 aromatic carbocycles. The second kappa shape index (κ2) is 5.62. The molecule has 1 aliphatic carbocycles. The summed E-state index contributed by atoms with van der Waals surface area (Å²) in [5.41, 5.74) is 5.37. The van der Waals surface area contributed by atoms with Crippen LogP contribution in [0.5, 0.6) is 0 Å². The van der Waals surface area contributed by atoms with Crippen molar-refractivity contribution < 1.29 is 14.6 Å². The molecule has 2 rings (SSSR count). The van der Waals surface area contributed by atoms with Gasteiger partial charge in [-0.3, -0.25) is 4.79 Å². The lowest BCUT2D eigenvalue weighted by molar-refractivity contribution is -0.184. The Bertz CT molecular complexity index is 372. The molecule has 2 fully saturated rings. The zero-order valence-corrected chi connectivity index (χ0v) is 12.9. The maximum atomic E-state index is 12.9. The van der Waals surface area contributed by atoms with Crippen LogP contribution in [0.3, 0.4) is 0 Å². The number of fused-ring (bicyclic) bond motifs is 1. The van der Waals surface area contributed by atoms with Crippen LogP contribution in [0.15, 0.2) is 0 Å². The van der Waals surface area contributed by atoms with E-state index in [0.717, 1.165) is 19.3 Å². The summed E-state index contributed by atoms with van der Waals surface area (Å²) in [7, 11) is 0.